The topological polar surface area (TPSA) is 85.4 Å². The highest BCUT2D eigenvalue weighted by molar-refractivity contribution is 5.85. The molecule has 1 heterocycles. The smallest absolute Gasteiger partial charge is 0.239 e. The number of amides is 1. The quantitative estimate of drug-likeness (QED) is 0.675. The average Bonchev–Trinajstić information content (AvgIpc) is 2.70. The van der Waals surface area contributed by atoms with Crippen LogP contribution in [0.3, 0.4) is 0 Å². The number of nitrogens with zero attached hydrogens (tertiary/aromatic N) is 2. The van der Waals surface area contributed by atoms with Crippen molar-refractivity contribution in [1.82, 2.24) is 15.3 Å². The van der Waals surface area contributed by atoms with Gasteiger partial charge >= 0.3 is 0 Å². The van der Waals surface area contributed by atoms with E-state index in [4.69, 9.17) is 9.47 Å². The second kappa shape index (κ2) is 9.05. The Balaban J connectivity index is 0.00000261. The lowest BCUT2D eigenvalue weighted by molar-refractivity contribution is -0.118. The molecule has 7 nitrogen and oxygen atoms in total. The average molecular weight is 389 g/mol. The third-order valence-corrected chi connectivity index (χ3v) is 3.97. The van der Waals surface area contributed by atoms with Gasteiger partial charge in [-0.15, -0.1) is 12.4 Å². The summed E-state index contributed by atoms with van der Waals surface area (Å²) >= 11 is 0. The number of aromatic nitrogens is 2. The molecule has 3 aromatic rings. The molecule has 0 saturated carbocycles. The van der Waals surface area contributed by atoms with Gasteiger partial charge in [-0.3, -0.25) is 9.78 Å². The van der Waals surface area contributed by atoms with Gasteiger partial charge in [0, 0.05) is 7.05 Å². The Morgan fingerprint density at radius 1 is 1.00 bits per heavy atom. The molecular weight excluding hydrogens is 368 g/mol. The van der Waals surface area contributed by atoms with E-state index in [9.17, 15) is 4.79 Å². The van der Waals surface area contributed by atoms with Crippen LogP contribution in [-0.2, 0) is 4.79 Å². The van der Waals surface area contributed by atoms with Crippen molar-refractivity contribution in [3.63, 3.8) is 0 Å². The maximum absolute atomic E-state index is 11.4. The van der Waals surface area contributed by atoms with E-state index in [1.807, 2.05) is 36.4 Å². The predicted octanol–water partition coefficient (Wildman–Crippen LogP) is 2.89. The van der Waals surface area contributed by atoms with Crippen LogP contribution in [-0.4, -0.2) is 43.7 Å². The third kappa shape index (κ3) is 4.57. The monoisotopic (exact) mass is 388 g/mol. The standard InChI is InChI=1S/C19H20N4O3.ClH/c1-20-19(24)11-22-18-10-21-14-6-4-12(8-15(14)23-18)13-5-7-16(25-2)17(9-13)26-3;/h4-10H,11H2,1-3H3,(H,20,24)(H,22,23);1H. The van der Waals surface area contributed by atoms with E-state index >= 15 is 0 Å². The Hall–Kier alpha value is -3.06. The largest absolute Gasteiger partial charge is 0.493 e. The lowest BCUT2D eigenvalue weighted by Gasteiger charge is -2.10. The van der Waals surface area contributed by atoms with Gasteiger partial charge in [0.15, 0.2) is 11.5 Å². The number of benzene rings is 2. The molecular formula is C19H21ClN4O3. The van der Waals surface area contributed by atoms with Crippen LogP contribution in [0, 0.1) is 0 Å². The normalized spacial score (nSPS) is 10.0. The van der Waals surface area contributed by atoms with Gasteiger partial charge in [-0.1, -0.05) is 12.1 Å². The van der Waals surface area contributed by atoms with Crippen LogP contribution in [0.25, 0.3) is 22.2 Å². The third-order valence-electron chi connectivity index (χ3n) is 3.97. The zero-order chi connectivity index (χ0) is 18.5. The summed E-state index contributed by atoms with van der Waals surface area (Å²) in [4.78, 5) is 20.3. The highest BCUT2D eigenvalue weighted by atomic mass is 35.5. The first-order chi connectivity index (χ1) is 12.6. The SMILES string of the molecule is CNC(=O)CNc1cnc2ccc(-c3ccc(OC)c(OC)c3)cc2n1.Cl. The maximum Gasteiger partial charge on any atom is 0.239 e. The number of hydrogen-bond acceptors (Lipinski definition) is 6. The molecule has 0 aliphatic rings. The molecule has 0 atom stereocenters. The lowest BCUT2D eigenvalue weighted by atomic mass is 10.0. The molecule has 0 fully saturated rings. The van der Waals surface area contributed by atoms with Crippen LogP contribution >= 0.6 is 12.4 Å². The first-order valence-corrected chi connectivity index (χ1v) is 8.08. The minimum atomic E-state index is -0.119. The summed E-state index contributed by atoms with van der Waals surface area (Å²) in [6.07, 6.45) is 1.61. The first kappa shape index (κ1) is 20.3. The lowest BCUT2D eigenvalue weighted by Crippen LogP contribution is -2.26. The second-order valence-electron chi connectivity index (χ2n) is 5.56. The van der Waals surface area contributed by atoms with Crippen LogP contribution in [0.4, 0.5) is 5.82 Å². The Morgan fingerprint density at radius 3 is 2.41 bits per heavy atom. The van der Waals surface area contributed by atoms with Gasteiger partial charge in [0.2, 0.25) is 5.91 Å². The zero-order valence-electron chi connectivity index (χ0n) is 15.3. The summed E-state index contributed by atoms with van der Waals surface area (Å²) in [5, 5.41) is 5.51. The molecule has 2 aromatic carbocycles. The zero-order valence-corrected chi connectivity index (χ0v) is 16.1. The summed E-state index contributed by atoms with van der Waals surface area (Å²) in [5.41, 5.74) is 3.48. The van der Waals surface area contributed by atoms with Gasteiger partial charge in [-0.2, -0.15) is 0 Å². The van der Waals surface area contributed by atoms with Crippen molar-refractivity contribution in [2.45, 2.75) is 0 Å². The molecule has 27 heavy (non-hydrogen) atoms. The molecule has 2 N–H and O–H groups in total. The maximum atomic E-state index is 11.4. The molecule has 0 aliphatic carbocycles. The van der Waals surface area contributed by atoms with E-state index in [0.717, 1.165) is 22.2 Å². The molecule has 1 aromatic heterocycles. The number of methoxy groups -OCH3 is 2. The number of likely N-dealkylation sites (N-methyl/N-ethyl adjacent to an activating group) is 1. The fourth-order valence-electron chi connectivity index (χ4n) is 2.55. The van der Waals surface area contributed by atoms with Gasteiger partial charge < -0.3 is 20.1 Å². The fraction of sp³-hybridized carbons (Fsp3) is 0.211. The minimum absolute atomic E-state index is 0. The molecule has 0 aliphatic heterocycles. The molecule has 0 saturated heterocycles. The molecule has 0 radical (unpaired) electrons. The first-order valence-electron chi connectivity index (χ1n) is 8.08. The molecule has 8 heteroatoms. The van der Waals surface area contributed by atoms with Gasteiger partial charge in [-0.05, 0) is 35.4 Å². The van der Waals surface area contributed by atoms with E-state index in [-0.39, 0.29) is 24.9 Å². The molecule has 0 spiro atoms. The number of hydrogen-bond donors (Lipinski definition) is 2. The number of ether oxygens (including phenoxy) is 2. The van der Waals surface area contributed by atoms with Crippen molar-refractivity contribution < 1.29 is 14.3 Å². The molecule has 1 amide bonds. The number of halogens is 1. The Labute approximate surface area is 163 Å². The van der Waals surface area contributed by atoms with Crippen LogP contribution in [0.15, 0.2) is 42.6 Å². The molecule has 142 valence electrons. The van der Waals surface area contributed by atoms with Crippen molar-refractivity contribution in [2.24, 2.45) is 0 Å². The van der Waals surface area contributed by atoms with Crippen molar-refractivity contribution in [3.8, 4) is 22.6 Å². The summed E-state index contributed by atoms with van der Waals surface area (Å²) in [5.74, 6) is 1.77. The van der Waals surface area contributed by atoms with Gasteiger partial charge in [-0.25, -0.2) is 4.98 Å². The summed E-state index contributed by atoms with van der Waals surface area (Å²) in [6, 6.07) is 11.6. The predicted molar refractivity (Wildman–Crippen MR) is 108 cm³/mol. The Kier molecular flexibility index (Phi) is 6.79. The van der Waals surface area contributed by atoms with Gasteiger partial charge in [0.05, 0.1) is 38.0 Å². The summed E-state index contributed by atoms with van der Waals surface area (Å²) < 4.78 is 10.6. The van der Waals surface area contributed by atoms with Crippen LogP contribution < -0.4 is 20.1 Å². The Morgan fingerprint density at radius 2 is 1.70 bits per heavy atom. The van der Waals surface area contributed by atoms with E-state index in [1.165, 1.54) is 0 Å². The van der Waals surface area contributed by atoms with Crippen molar-refractivity contribution in [3.05, 3.63) is 42.6 Å². The van der Waals surface area contributed by atoms with Crippen LogP contribution in [0.5, 0.6) is 11.5 Å². The second-order valence-corrected chi connectivity index (χ2v) is 5.56. The van der Waals surface area contributed by atoms with Crippen molar-refractivity contribution in [1.29, 1.82) is 0 Å². The van der Waals surface area contributed by atoms with E-state index < -0.39 is 0 Å². The number of carbonyl (C=O) groups is 1. The van der Waals surface area contributed by atoms with Gasteiger partial charge in [0.1, 0.15) is 5.82 Å². The minimum Gasteiger partial charge on any atom is -0.493 e. The van der Waals surface area contributed by atoms with E-state index in [0.29, 0.717) is 17.3 Å². The number of rotatable bonds is 6. The summed E-state index contributed by atoms with van der Waals surface area (Å²) in [7, 11) is 4.81. The van der Waals surface area contributed by atoms with E-state index in [1.54, 1.807) is 27.5 Å². The number of carbonyl (C=O) groups excluding carboxylic acids is 1. The number of fused-ring (bicyclic) bond motifs is 1. The van der Waals surface area contributed by atoms with Crippen LogP contribution in [0.1, 0.15) is 0 Å². The number of anilines is 1. The molecule has 0 bridgehead atoms. The highest BCUT2D eigenvalue weighted by Gasteiger charge is 2.08. The molecule has 3 rings (SSSR count). The number of nitrogens with one attached hydrogen (secondary N) is 2. The Bertz CT molecular complexity index is 949. The fourth-order valence-corrected chi connectivity index (χ4v) is 2.55. The highest BCUT2D eigenvalue weighted by Crippen LogP contribution is 2.33. The molecule has 0 unspecified atom stereocenters. The van der Waals surface area contributed by atoms with Crippen molar-refractivity contribution in [2.75, 3.05) is 33.1 Å². The van der Waals surface area contributed by atoms with Crippen molar-refractivity contribution >= 4 is 35.2 Å². The summed E-state index contributed by atoms with van der Waals surface area (Å²) in [6.45, 7) is 0.145. The van der Waals surface area contributed by atoms with E-state index in [2.05, 4.69) is 20.6 Å². The van der Waals surface area contributed by atoms with Gasteiger partial charge in [0.25, 0.3) is 0 Å². The van der Waals surface area contributed by atoms with Crippen LogP contribution in [0.2, 0.25) is 0 Å².